The first kappa shape index (κ1) is 14.2. The third-order valence-corrected chi connectivity index (χ3v) is 5.05. The largest absolute Gasteiger partial charge is 0.339 e. The maximum absolute atomic E-state index is 12.8. The molecule has 3 heteroatoms. The van der Waals surface area contributed by atoms with Crippen LogP contribution in [-0.4, -0.2) is 29.3 Å². The number of carbonyl (C=O) groups excluding carboxylic acids is 1. The van der Waals surface area contributed by atoms with Crippen molar-refractivity contribution < 1.29 is 4.79 Å². The topological polar surface area (TPSA) is 20.3 Å². The van der Waals surface area contributed by atoms with Crippen molar-refractivity contribution >= 4 is 17.5 Å². The van der Waals surface area contributed by atoms with Gasteiger partial charge in [0.25, 0.3) is 0 Å². The molecule has 0 aromatic carbocycles. The molecule has 0 radical (unpaired) electrons. The van der Waals surface area contributed by atoms with Gasteiger partial charge in [0.05, 0.1) is 0 Å². The second-order valence-corrected chi connectivity index (χ2v) is 6.63. The summed E-state index contributed by atoms with van der Waals surface area (Å²) in [5.41, 5.74) is -0.0677. The summed E-state index contributed by atoms with van der Waals surface area (Å²) < 4.78 is 0. The highest BCUT2D eigenvalue weighted by Gasteiger charge is 2.40. The Labute approximate surface area is 116 Å². The molecule has 1 aliphatic heterocycles. The lowest BCUT2D eigenvalue weighted by atomic mass is 9.74. The first-order valence-corrected chi connectivity index (χ1v) is 8.08. The molecule has 0 aromatic heterocycles. The molecule has 1 atom stereocenters. The minimum absolute atomic E-state index is 0.0677. The van der Waals surface area contributed by atoms with Gasteiger partial charge in [0.1, 0.15) is 0 Å². The van der Waals surface area contributed by atoms with Crippen LogP contribution in [0, 0.1) is 5.41 Å². The number of alkyl halides is 1. The van der Waals surface area contributed by atoms with Crippen LogP contribution in [0.1, 0.15) is 64.7 Å². The smallest absolute Gasteiger partial charge is 0.228 e. The Morgan fingerprint density at radius 2 is 2.00 bits per heavy atom. The summed E-state index contributed by atoms with van der Waals surface area (Å²) >= 11 is 5.78. The molecule has 2 rings (SSSR count). The summed E-state index contributed by atoms with van der Waals surface area (Å²) in [6.45, 7) is 3.16. The Hall–Kier alpha value is -0.240. The van der Waals surface area contributed by atoms with Crippen molar-refractivity contribution in [2.24, 2.45) is 5.41 Å². The Bertz CT molecular complexity index is 286. The van der Waals surface area contributed by atoms with Gasteiger partial charge >= 0.3 is 0 Å². The van der Waals surface area contributed by atoms with E-state index in [1.165, 1.54) is 32.1 Å². The predicted molar refractivity (Wildman–Crippen MR) is 75.9 cm³/mol. The summed E-state index contributed by atoms with van der Waals surface area (Å²) in [5.74, 6) is 1.15. The van der Waals surface area contributed by atoms with E-state index in [0.717, 1.165) is 38.1 Å². The average molecular weight is 272 g/mol. The lowest BCUT2D eigenvalue weighted by Gasteiger charge is -2.38. The summed E-state index contributed by atoms with van der Waals surface area (Å²) in [7, 11) is 0. The van der Waals surface area contributed by atoms with E-state index in [0.29, 0.717) is 11.9 Å². The molecule has 104 valence electrons. The molecular weight excluding hydrogens is 246 g/mol. The summed E-state index contributed by atoms with van der Waals surface area (Å²) in [6, 6.07) is 0.468. The van der Waals surface area contributed by atoms with E-state index in [1.807, 2.05) is 0 Å². The van der Waals surface area contributed by atoms with E-state index in [2.05, 4.69) is 11.8 Å². The first-order valence-electron chi connectivity index (χ1n) is 7.54. The van der Waals surface area contributed by atoms with E-state index < -0.39 is 0 Å². The third kappa shape index (κ3) is 3.01. The number of carbonyl (C=O) groups is 1. The fourth-order valence-electron chi connectivity index (χ4n) is 3.61. The van der Waals surface area contributed by atoms with Crippen LogP contribution < -0.4 is 0 Å². The molecule has 1 heterocycles. The van der Waals surface area contributed by atoms with Crippen molar-refractivity contribution in [2.45, 2.75) is 70.8 Å². The molecule has 1 unspecified atom stereocenters. The van der Waals surface area contributed by atoms with Gasteiger partial charge in [-0.25, -0.2) is 0 Å². The predicted octanol–water partition coefficient (Wildman–Crippen LogP) is 3.97. The molecule has 0 N–H and O–H groups in total. The van der Waals surface area contributed by atoms with Crippen LogP contribution in [0.25, 0.3) is 0 Å². The zero-order chi connectivity index (χ0) is 13.0. The highest BCUT2D eigenvalue weighted by Crippen LogP contribution is 2.39. The average Bonchev–Trinajstić information content (AvgIpc) is 2.84. The number of hydrogen-bond donors (Lipinski definition) is 0. The van der Waals surface area contributed by atoms with Crippen LogP contribution in [0.3, 0.4) is 0 Å². The summed E-state index contributed by atoms with van der Waals surface area (Å²) in [6.07, 6.45) is 10.4. The van der Waals surface area contributed by atoms with Crippen molar-refractivity contribution in [3.8, 4) is 0 Å². The molecule has 2 fully saturated rings. The maximum Gasteiger partial charge on any atom is 0.228 e. The van der Waals surface area contributed by atoms with E-state index in [-0.39, 0.29) is 5.41 Å². The number of likely N-dealkylation sites (tertiary alicyclic amines) is 1. The fourth-order valence-corrected chi connectivity index (χ4v) is 3.76. The Balaban J connectivity index is 1.98. The highest BCUT2D eigenvalue weighted by atomic mass is 35.5. The number of rotatable bonds is 4. The van der Waals surface area contributed by atoms with Crippen LogP contribution in [0.15, 0.2) is 0 Å². The number of halogens is 1. The van der Waals surface area contributed by atoms with E-state index in [9.17, 15) is 4.79 Å². The Morgan fingerprint density at radius 1 is 1.28 bits per heavy atom. The molecule has 1 aliphatic carbocycles. The number of nitrogens with zero attached hydrogens (tertiary/aromatic N) is 1. The molecule has 18 heavy (non-hydrogen) atoms. The summed E-state index contributed by atoms with van der Waals surface area (Å²) in [4.78, 5) is 15.0. The minimum Gasteiger partial charge on any atom is -0.339 e. The van der Waals surface area contributed by atoms with Gasteiger partial charge in [-0.1, -0.05) is 26.2 Å². The maximum atomic E-state index is 12.8. The van der Waals surface area contributed by atoms with Crippen LogP contribution in [0.5, 0.6) is 0 Å². The molecule has 0 aromatic rings. The van der Waals surface area contributed by atoms with Crippen molar-refractivity contribution in [1.29, 1.82) is 0 Å². The fraction of sp³-hybridized carbons (Fsp3) is 0.933. The molecule has 2 nitrogen and oxygen atoms in total. The van der Waals surface area contributed by atoms with Crippen molar-refractivity contribution in [3.05, 3.63) is 0 Å². The van der Waals surface area contributed by atoms with Gasteiger partial charge in [-0.15, -0.1) is 11.6 Å². The molecule has 1 saturated heterocycles. The van der Waals surface area contributed by atoms with Crippen LogP contribution in [0.4, 0.5) is 0 Å². The van der Waals surface area contributed by atoms with Crippen molar-refractivity contribution in [2.75, 3.05) is 12.4 Å². The minimum atomic E-state index is -0.0677. The van der Waals surface area contributed by atoms with Gasteiger partial charge in [-0.05, 0) is 38.5 Å². The molecular formula is C15H26ClNO. The quantitative estimate of drug-likeness (QED) is 0.709. The summed E-state index contributed by atoms with van der Waals surface area (Å²) in [5, 5.41) is 0. The van der Waals surface area contributed by atoms with Crippen LogP contribution >= 0.6 is 11.6 Å². The van der Waals surface area contributed by atoms with E-state index in [4.69, 9.17) is 11.6 Å². The number of hydrogen-bond acceptors (Lipinski definition) is 1. The molecule has 2 aliphatic rings. The number of amides is 1. The SMILES string of the molecule is CC1(C(=O)N2CCCC2CCCCl)CCCCC1. The highest BCUT2D eigenvalue weighted by molar-refractivity contribution is 6.17. The van der Waals surface area contributed by atoms with Gasteiger partial charge in [0.2, 0.25) is 5.91 Å². The first-order chi connectivity index (χ1) is 8.67. The monoisotopic (exact) mass is 271 g/mol. The molecule has 0 spiro atoms. The van der Waals surface area contributed by atoms with Gasteiger partial charge in [-0.3, -0.25) is 4.79 Å². The van der Waals surface area contributed by atoms with Gasteiger partial charge in [0, 0.05) is 23.9 Å². The van der Waals surface area contributed by atoms with Gasteiger partial charge < -0.3 is 4.90 Å². The third-order valence-electron chi connectivity index (χ3n) is 4.78. The Morgan fingerprint density at radius 3 is 2.67 bits per heavy atom. The lowest BCUT2D eigenvalue weighted by Crippen LogP contribution is -2.45. The van der Waals surface area contributed by atoms with Crippen LogP contribution in [-0.2, 0) is 4.79 Å². The standard InChI is InChI=1S/C15H26ClNO/c1-15(9-3-2-4-10-15)14(18)17-12-6-8-13(17)7-5-11-16/h13H,2-12H2,1H3. The van der Waals surface area contributed by atoms with Crippen molar-refractivity contribution in [3.63, 3.8) is 0 Å². The normalized spacial score (nSPS) is 27.4. The Kier molecular flexibility index (Phi) is 4.94. The van der Waals surface area contributed by atoms with E-state index in [1.54, 1.807) is 0 Å². The molecule has 0 bridgehead atoms. The van der Waals surface area contributed by atoms with Gasteiger partial charge in [0.15, 0.2) is 0 Å². The molecule has 1 saturated carbocycles. The van der Waals surface area contributed by atoms with Gasteiger partial charge in [-0.2, -0.15) is 0 Å². The van der Waals surface area contributed by atoms with Crippen molar-refractivity contribution in [1.82, 2.24) is 4.90 Å². The zero-order valence-electron chi connectivity index (χ0n) is 11.6. The zero-order valence-corrected chi connectivity index (χ0v) is 12.3. The second kappa shape index (κ2) is 6.27. The molecule has 1 amide bonds. The van der Waals surface area contributed by atoms with E-state index >= 15 is 0 Å². The second-order valence-electron chi connectivity index (χ2n) is 6.25. The lowest BCUT2D eigenvalue weighted by molar-refractivity contribution is -0.144. The van der Waals surface area contributed by atoms with Crippen LogP contribution in [0.2, 0.25) is 0 Å².